The summed E-state index contributed by atoms with van der Waals surface area (Å²) in [7, 11) is 3.49. The standard InChI is InChI=1S/C22H28N4O4.HI/c1-23-22(24-10-12-28-17-7-8-20-21(13-17)30-15-29-20)25-16-9-11-26(14-16)18-5-3-4-6-19(18)27-2;/h3-8,13,16H,9-12,14-15H2,1-2H3,(H2,23,24,25);1H. The highest BCUT2D eigenvalue weighted by atomic mass is 127. The third kappa shape index (κ3) is 5.78. The zero-order valence-corrected chi connectivity index (χ0v) is 20.1. The zero-order valence-electron chi connectivity index (χ0n) is 17.8. The van der Waals surface area contributed by atoms with E-state index in [4.69, 9.17) is 18.9 Å². The Kier molecular flexibility index (Phi) is 8.33. The normalized spacial score (nSPS) is 17.2. The third-order valence-electron chi connectivity index (χ3n) is 5.19. The van der Waals surface area contributed by atoms with E-state index >= 15 is 0 Å². The summed E-state index contributed by atoms with van der Waals surface area (Å²) >= 11 is 0. The largest absolute Gasteiger partial charge is 0.495 e. The number of hydrogen-bond donors (Lipinski definition) is 2. The molecule has 8 nitrogen and oxygen atoms in total. The molecular formula is C22H29IN4O4. The van der Waals surface area contributed by atoms with Crippen LogP contribution in [0.1, 0.15) is 6.42 Å². The van der Waals surface area contributed by atoms with Crippen molar-refractivity contribution in [1.82, 2.24) is 10.6 Å². The van der Waals surface area contributed by atoms with Crippen LogP contribution in [0.2, 0.25) is 0 Å². The SMILES string of the molecule is CN=C(NCCOc1ccc2c(c1)OCO2)NC1CCN(c2ccccc2OC)C1.I. The molecule has 0 saturated carbocycles. The topological polar surface area (TPSA) is 76.6 Å². The summed E-state index contributed by atoms with van der Waals surface area (Å²) in [5.41, 5.74) is 1.13. The van der Waals surface area contributed by atoms with Crippen LogP contribution in [0, 0.1) is 0 Å². The lowest BCUT2D eigenvalue weighted by atomic mass is 10.2. The van der Waals surface area contributed by atoms with Crippen molar-refractivity contribution in [2.24, 2.45) is 4.99 Å². The number of methoxy groups -OCH3 is 1. The van der Waals surface area contributed by atoms with Crippen LogP contribution < -0.4 is 34.5 Å². The average molecular weight is 540 g/mol. The Balaban J connectivity index is 0.00000272. The molecule has 2 N–H and O–H groups in total. The number of ether oxygens (including phenoxy) is 4. The number of halogens is 1. The molecule has 1 saturated heterocycles. The first-order valence-corrected chi connectivity index (χ1v) is 10.1. The molecule has 4 rings (SSSR count). The molecule has 2 aliphatic heterocycles. The molecule has 31 heavy (non-hydrogen) atoms. The molecule has 2 aliphatic rings. The summed E-state index contributed by atoms with van der Waals surface area (Å²) < 4.78 is 22.0. The summed E-state index contributed by atoms with van der Waals surface area (Å²) in [5.74, 6) is 3.91. The van der Waals surface area contributed by atoms with Gasteiger partial charge >= 0.3 is 0 Å². The van der Waals surface area contributed by atoms with Crippen molar-refractivity contribution < 1.29 is 18.9 Å². The van der Waals surface area contributed by atoms with Crippen LogP contribution in [0.5, 0.6) is 23.0 Å². The fourth-order valence-electron chi connectivity index (χ4n) is 3.68. The van der Waals surface area contributed by atoms with Crippen LogP contribution in [0.15, 0.2) is 47.5 Å². The van der Waals surface area contributed by atoms with Gasteiger partial charge in [-0.05, 0) is 30.7 Å². The molecule has 2 heterocycles. The first kappa shape index (κ1) is 23.1. The van der Waals surface area contributed by atoms with Crippen LogP contribution >= 0.6 is 24.0 Å². The summed E-state index contributed by atoms with van der Waals surface area (Å²) in [4.78, 5) is 6.67. The van der Waals surface area contributed by atoms with E-state index in [1.165, 1.54) is 0 Å². The maximum atomic E-state index is 5.79. The number of aliphatic imine (C=N–C) groups is 1. The molecule has 0 spiro atoms. The third-order valence-corrected chi connectivity index (χ3v) is 5.19. The average Bonchev–Trinajstić information content (AvgIpc) is 3.44. The first-order chi connectivity index (χ1) is 14.8. The van der Waals surface area contributed by atoms with Crippen molar-refractivity contribution >= 4 is 35.6 Å². The summed E-state index contributed by atoms with van der Waals surface area (Å²) in [6.45, 7) is 3.28. The quantitative estimate of drug-likeness (QED) is 0.242. The highest BCUT2D eigenvalue weighted by Gasteiger charge is 2.25. The van der Waals surface area contributed by atoms with Gasteiger partial charge in [0, 0.05) is 32.2 Å². The molecule has 2 aromatic carbocycles. The van der Waals surface area contributed by atoms with Crippen molar-refractivity contribution in [1.29, 1.82) is 0 Å². The van der Waals surface area contributed by atoms with Crippen LogP contribution in [-0.4, -0.2) is 59.2 Å². The molecule has 0 amide bonds. The molecule has 0 bridgehead atoms. The number of anilines is 1. The molecular weight excluding hydrogens is 511 g/mol. The maximum absolute atomic E-state index is 5.79. The smallest absolute Gasteiger partial charge is 0.231 e. The second-order valence-corrected chi connectivity index (χ2v) is 7.11. The van der Waals surface area contributed by atoms with E-state index in [1.54, 1.807) is 14.2 Å². The highest BCUT2D eigenvalue weighted by Crippen LogP contribution is 2.35. The van der Waals surface area contributed by atoms with E-state index in [9.17, 15) is 0 Å². The van der Waals surface area contributed by atoms with Crippen LogP contribution in [0.4, 0.5) is 5.69 Å². The van der Waals surface area contributed by atoms with Gasteiger partial charge in [0.25, 0.3) is 0 Å². The molecule has 0 aromatic heterocycles. The summed E-state index contributed by atoms with van der Waals surface area (Å²) in [6, 6.07) is 14.0. The first-order valence-electron chi connectivity index (χ1n) is 10.1. The number of para-hydroxylation sites is 2. The molecule has 1 unspecified atom stereocenters. The lowest BCUT2D eigenvalue weighted by Gasteiger charge is -2.22. The van der Waals surface area contributed by atoms with Crippen LogP contribution in [0.25, 0.3) is 0 Å². The Hall–Kier alpha value is -2.56. The number of nitrogens with one attached hydrogen (secondary N) is 2. The van der Waals surface area contributed by atoms with Crippen molar-refractivity contribution in [3.8, 4) is 23.0 Å². The summed E-state index contributed by atoms with van der Waals surface area (Å²) in [6.07, 6.45) is 1.03. The fraction of sp³-hybridized carbons (Fsp3) is 0.409. The van der Waals surface area contributed by atoms with Crippen LogP contribution in [-0.2, 0) is 0 Å². The Morgan fingerprint density at radius 2 is 2.03 bits per heavy atom. The van der Waals surface area contributed by atoms with Gasteiger partial charge in [-0.25, -0.2) is 0 Å². The van der Waals surface area contributed by atoms with Crippen LogP contribution in [0.3, 0.4) is 0 Å². The van der Waals surface area contributed by atoms with E-state index in [-0.39, 0.29) is 30.8 Å². The van der Waals surface area contributed by atoms with E-state index in [0.29, 0.717) is 19.2 Å². The molecule has 1 atom stereocenters. The monoisotopic (exact) mass is 540 g/mol. The predicted molar refractivity (Wildman–Crippen MR) is 132 cm³/mol. The lowest BCUT2D eigenvalue weighted by molar-refractivity contribution is 0.173. The Bertz CT molecular complexity index is 896. The van der Waals surface area contributed by atoms with Gasteiger partial charge in [0.2, 0.25) is 6.79 Å². The number of fused-ring (bicyclic) bond motifs is 1. The minimum absolute atomic E-state index is 0. The molecule has 1 fully saturated rings. The van der Waals surface area contributed by atoms with E-state index in [1.807, 2.05) is 36.4 Å². The van der Waals surface area contributed by atoms with Gasteiger partial charge in [-0.15, -0.1) is 24.0 Å². The highest BCUT2D eigenvalue weighted by molar-refractivity contribution is 14.0. The second kappa shape index (κ2) is 11.2. The van der Waals surface area contributed by atoms with Gasteiger partial charge in [-0.2, -0.15) is 0 Å². The van der Waals surface area contributed by atoms with Gasteiger partial charge in [0.05, 0.1) is 19.3 Å². The van der Waals surface area contributed by atoms with Crippen molar-refractivity contribution in [3.05, 3.63) is 42.5 Å². The molecule has 2 aromatic rings. The molecule has 0 radical (unpaired) electrons. The number of nitrogens with zero attached hydrogens (tertiary/aromatic N) is 2. The van der Waals surface area contributed by atoms with E-state index in [0.717, 1.165) is 54.2 Å². The predicted octanol–water partition coefficient (Wildman–Crippen LogP) is 2.86. The van der Waals surface area contributed by atoms with Crippen molar-refractivity contribution in [3.63, 3.8) is 0 Å². The Morgan fingerprint density at radius 1 is 1.19 bits per heavy atom. The summed E-state index contributed by atoms with van der Waals surface area (Å²) in [5, 5.41) is 6.81. The number of hydrogen-bond acceptors (Lipinski definition) is 6. The maximum Gasteiger partial charge on any atom is 0.231 e. The van der Waals surface area contributed by atoms with Gasteiger partial charge < -0.3 is 34.5 Å². The van der Waals surface area contributed by atoms with E-state index in [2.05, 4.69) is 26.6 Å². The number of benzene rings is 2. The van der Waals surface area contributed by atoms with Gasteiger partial charge in [0.15, 0.2) is 17.5 Å². The molecule has 9 heteroatoms. The Labute approximate surface area is 199 Å². The van der Waals surface area contributed by atoms with Crippen molar-refractivity contribution in [2.45, 2.75) is 12.5 Å². The van der Waals surface area contributed by atoms with Crippen molar-refractivity contribution in [2.75, 3.05) is 52.1 Å². The Morgan fingerprint density at radius 3 is 2.87 bits per heavy atom. The van der Waals surface area contributed by atoms with Gasteiger partial charge in [-0.3, -0.25) is 4.99 Å². The second-order valence-electron chi connectivity index (χ2n) is 7.11. The number of rotatable bonds is 7. The minimum Gasteiger partial charge on any atom is -0.495 e. The molecule has 168 valence electrons. The number of guanidine groups is 1. The fourth-order valence-corrected chi connectivity index (χ4v) is 3.68. The molecule has 0 aliphatic carbocycles. The van der Waals surface area contributed by atoms with E-state index < -0.39 is 0 Å². The van der Waals surface area contributed by atoms with Gasteiger partial charge in [0.1, 0.15) is 18.1 Å². The minimum atomic E-state index is 0. The zero-order chi connectivity index (χ0) is 20.8. The lowest BCUT2D eigenvalue weighted by Crippen LogP contribution is -2.45. The van der Waals surface area contributed by atoms with Gasteiger partial charge in [-0.1, -0.05) is 12.1 Å².